The summed E-state index contributed by atoms with van der Waals surface area (Å²) in [6.45, 7) is 0.845. The standard InChI is InChI=1S/C19H16N2O/c1-2-5-16-13(4-1)15-11-14-12(10-17(15)21-16)7-8-20-19(14)18-6-3-9-22-18/h1-2,4-5,7-8,10-11,18,21H,3,6,9H2. The third-order valence-corrected chi connectivity index (χ3v) is 4.65. The van der Waals surface area contributed by atoms with Crippen LogP contribution in [-0.4, -0.2) is 16.6 Å². The molecule has 0 amide bonds. The number of nitrogens with one attached hydrogen (secondary N) is 1. The molecule has 1 aliphatic rings. The first-order chi connectivity index (χ1) is 10.9. The lowest BCUT2D eigenvalue weighted by Gasteiger charge is -2.12. The van der Waals surface area contributed by atoms with E-state index in [1.54, 1.807) is 0 Å². The van der Waals surface area contributed by atoms with Crippen LogP contribution in [0.4, 0.5) is 0 Å². The number of para-hydroxylation sites is 1. The van der Waals surface area contributed by atoms with Crippen LogP contribution >= 0.6 is 0 Å². The number of rotatable bonds is 1. The quantitative estimate of drug-likeness (QED) is 0.550. The molecule has 0 spiro atoms. The van der Waals surface area contributed by atoms with Gasteiger partial charge in [-0.1, -0.05) is 18.2 Å². The van der Waals surface area contributed by atoms with Crippen molar-refractivity contribution in [2.24, 2.45) is 0 Å². The first-order valence-corrected chi connectivity index (χ1v) is 7.81. The largest absolute Gasteiger partial charge is 0.372 e. The molecule has 2 aromatic heterocycles. The molecule has 4 aromatic rings. The Morgan fingerprint density at radius 1 is 1.00 bits per heavy atom. The number of aromatic amines is 1. The smallest absolute Gasteiger partial charge is 0.100 e. The molecule has 1 N–H and O–H groups in total. The van der Waals surface area contributed by atoms with Gasteiger partial charge in [-0.15, -0.1) is 0 Å². The van der Waals surface area contributed by atoms with Crippen molar-refractivity contribution in [3.63, 3.8) is 0 Å². The molecule has 1 saturated heterocycles. The highest BCUT2D eigenvalue weighted by molar-refractivity contribution is 6.12. The van der Waals surface area contributed by atoms with Crippen LogP contribution in [0.15, 0.2) is 48.7 Å². The first-order valence-electron chi connectivity index (χ1n) is 7.81. The van der Waals surface area contributed by atoms with Crippen molar-refractivity contribution in [1.82, 2.24) is 9.97 Å². The van der Waals surface area contributed by atoms with Gasteiger partial charge in [-0.2, -0.15) is 0 Å². The summed E-state index contributed by atoms with van der Waals surface area (Å²) in [5, 5.41) is 4.96. The summed E-state index contributed by atoms with van der Waals surface area (Å²) < 4.78 is 5.86. The fraction of sp³-hybridized carbons (Fsp3) is 0.211. The molecule has 108 valence electrons. The number of nitrogens with zero attached hydrogens (tertiary/aromatic N) is 1. The number of hydrogen-bond donors (Lipinski definition) is 1. The number of fused-ring (bicyclic) bond motifs is 4. The first kappa shape index (κ1) is 12.2. The number of hydrogen-bond acceptors (Lipinski definition) is 2. The molecule has 3 heterocycles. The van der Waals surface area contributed by atoms with Crippen LogP contribution in [0.3, 0.4) is 0 Å². The third-order valence-electron chi connectivity index (χ3n) is 4.65. The molecule has 3 nitrogen and oxygen atoms in total. The average molecular weight is 288 g/mol. The van der Waals surface area contributed by atoms with Crippen LogP contribution in [0.25, 0.3) is 32.6 Å². The van der Waals surface area contributed by atoms with E-state index in [-0.39, 0.29) is 6.10 Å². The van der Waals surface area contributed by atoms with Gasteiger partial charge in [0.25, 0.3) is 0 Å². The Bertz CT molecular complexity index is 996. The van der Waals surface area contributed by atoms with Gasteiger partial charge in [0, 0.05) is 40.0 Å². The van der Waals surface area contributed by atoms with Crippen molar-refractivity contribution in [3.05, 3.63) is 54.4 Å². The maximum Gasteiger partial charge on any atom is 0.100 e. The predicted molar refractivity (Wildman–Crippen MR) is 89.0 cm³/mol. The molecular weight excluding hydrogens is 272 g/mol. The molecule has 1 aliphatic heterocycles. The molecule has 0 saturated carbocycles. The number of benzene rings is 2. The Morgan fingerprint density at radius 2 is 1.95 bits per heavy atom. The fourth-order valence-corrected chi connectivity index (χ4v) is 3.59. The van der Waals surface area contributed by atoms with E-state index in [1.165, 1.54) is 32.6 Å². The Morgan fingerprint density at radius 3 is 2.86 bits per heavy atom. The second-order valence-corrected chi connectivity index (χ2v) is 5.99. The van der Waals surface area contributed by atoms with Crippen molar-refractivity contribution < 1.29 is 4.74 Å². The van der Waals surface area contributed by atoms with E-state index in [0.29, 0.717) is 0 Å². The van der Waals surface area contributed by atoms with Crippen molar-refractivity contribution in [2.45, 2.75) is 18.9 Å². The van der Waals surface area contributed by atoms with Crippen LogP contribution in [-0.2, 0) is 4.74 Å². The van der Waals surface area contributed by atoms with Crippen LogP contribution in [0.2, 0.25) is 0 Å². The SMILES string of the molecule is c1ccc2c(c1)[nH]c1cc3ccnc(C4CCCO4)c3cc12. The summed E-state index contributed by atoms with van der Waals surface area (Å²) in [6, 6.07) is 15.0. The highest BCUT2D eigenvalue weighted by atomic mass is 16.5. The minimum absolute atomic E-state index is 0.145. The zero-order chi connectivity index (χ0) is 14.5. The van der Waals surface area contributed by atoms with Crippen LogP contribution in [0, 0.1) is 0 Å². The zero-order valence-electron chi connectivity index (χ0n) is 12.2. The second kappa shape index (κ2) is 4.55. The number of H-pyrrole nitrogens is 1. The lowest BCUT2D eigenvalue weighted by Crippen LogP contribution is -2.00. The second-order valence-electron chi connectivity index (χ2n) is 5.99. The molecule has 1 fully saturated rings. The van der Waals surface area contributed by atoms with Crippen molar-refractivity contribution >= 4 is 32.6 Å². The van der Waals surface area contributed by atoms with E-state index >= 15 is 0 Å². The van der Waals surface area contributed by atoms with E-state index in [9.17, 15) is 0 Å². The lowest BCUT2D eigenvalue weighted by molar-refractivity contribution is 0.110. The molecule has 0 aliphatic carbocycles. The maximum atomic E-state index is 5.86. The summed E-state index contributed by atoms with van der Waals surface area (Å²) in [5.74, 6) is 0. The Kier molecular flexibility index (Phi) is 2.52. The molecule has 0 bridgehead atoms. The summed E-state index contributed by atoms with van der Waals surface area (Å²) in [6.07, 6.45) is 4.23. The van der Waals surface area contributed by atoms with Gasteiger partial charge in [0.1, 0.15) is 6.10 Å². The van der Waals surface area contributed by atoms with Gasteiger partial charge in [-0.3, -0.25) is 4.98 Å². The van der Waals surface area contributed by atoms with Crippen LogP contribution < -0.4 is 0 Å². The molecule has 1 unspecified atom stereocenters. The van der Waals surface area contributed by atoms with Crippen molar-refractivity contribution in [3.8, 4) is 0 Å². The summed E-state index contributed by atoms with van der Waals surface area (Å²) in [4.78, 5) is 8.13. The maximum absolute atomic E-state index is 5.86. The van der Waals surface area contributed by atoms with Crippen molar-refractivity contribution in [2.75, 3.05) is 6.61 Å². The van der Waals surface area contributed by atoms with Gasteiger partial charge in [0.2, 0.25) is 0 Å². The highest BCUT2D eigenvalue weighted by Gasteiger charge is 2.21. The minimum atomic E-state index is 0.145. The van der Waals surface area contributed by atoms with E-state index in [0.717, 1.165) is 25.1 Å². The van der Waals surface area contributed by atoms with E-state index in [2.05, 4.69) is 52.4 Å². The molecule has 2 aromatic carbocycles. The number of aromatic nitrogens is 2. The summed E-state index contributed by atoms with van der Waals surface area (Å²) in [5.41, 5.74) is 3.44. The zero-order valence-corrected chi connectivity index (χ0v) is 12.2. The monoisotopic (exact) mass is 288 g/mol. The summed E-state index contributed by atoms with van der Waals surface area (Å²) in [7, 11) is 0. The van der Waals surface area contributed by atoms with E-state index in [1.807, 2.05) is 6.20 Å². The number of pyridine rings is 1. The number of ether oxygens (including phenoxy) is 1. The normalized spacial score (nSPS) is 18.6. The third kappa shape index (κ3) is 1.69. The van der Waals surface area contributed by atoms with Crippen molar-refractivity contribution in [1.29, 1.82) is 0 Å². The predicted octanol–water partition coefficient (Wildman–Crippen LogP) is 4.72. The van der Waals surface area contributed by atoms with Gasteiger partial charge in [0.15, 0.2) is 0 Å². The minimum Gasteiger partial charge on any atom is -0.372 e. The van der Waals surface area contributed by atoms with E-state index in [4.69, 9.17) is 4.74 Å². The van der Waals surface area contributed by atoms with Gasteiger partial charge in [-0.05, 0) is 42.5 Å². The lowest BCUT2D eigenvalue weighted by atomic mass is 10.0. The van der Waals surface area contributed by atoms with E-state index < -0.39 is 0 Å². The molecular formula is C19H16N2O. The molecule has 5 rings (SSSR count). The molecule has 0 radical (unpaired) electrons. The van der Waals surface area contributed by atoms with Crippen LogP contribution in [0.1, 0.15) is 24.6 Å². The molecule has 22 heavy (non-hydrogen) atoms. The van der Waals surface area contributed by atoms with Gasteiger partial charge in [0.05, 0.1) is 5.69 Å². The highest BCUT2D eigenvalue weighted by Crippen LogP contribution is 2.35. The van der Waals surface area contributed by atoms with Gasteiger partial charge < -0.3 is 9.72 Å². The fourth-order valence-electron chi connectivity index (χ4n) is 3.59. The molecule has 3 heteroatoms. The average Bonchev–Trinajstić information content (AvgIpc) is 3.20. The van der Waals surface area contributed by atoms with Gasteiger partial charge in [-0.25, -0.2) is 0 Å². The molecule has 1 atom stereocenters. The van der Waals surface area contributed by atoms with Gasteiger partial charge >= 0.3 is 0 Å². The Balaban J connectivity index is 1.86. The van der Waals surface area contributed by atoms with Crippen LogP contribution in [0.5, 0.6) is 0 Å². The Labute approximate surface area is 127 Å². The topological polar surface area (TPSA) is 37.9 Å². The Hall–Kier alpha value is -2.39. The summed E-state index contributed by atoms with van der Waals surface area (Å²) >= 11 is 0.